The molecule has 4 heteroatoms. The molecule has 0 aromatic heterocycles. The van der Waals surface area contributed by atoms with Crippen molar-refractivity contribution in [2.75, 3.05) is 32.2 Å². The minimum Gasteiger partial charge on any atom is -0.382 e. The number of carbonyl (C=O) groups is 1. The molecule has 1 aromatic rings. The second kappa shape index (κ2) is 7.84. The van der Waals surface area contributed by atoms with Crippen LogP contribution in [0.25, 0.3) is 0 Å². The van der Waals surface area contributed by atoms with Gasteiger partial charge in [0.1, 0.15) is 6.61 Å². The van der Waals surface area contributed by atoms with E-state index in [1.54, 1.807) is 7.11 Å². The van der Waals surface area contributed by atoms with Crippen LogP contribution in [-0.4, -0.2) is 32.8 Å². The summed E-state index contributed by atoms with van der Waals surface area (Å²) < 4.78 is 9.98. The van der Waals surface area contributed by atoms with Gasteiger partial charge in [0.25, 0.3) is 0 Å². The van der Waals surface area contributed by atoms with Gasteiger partial charge in [0.2, 0.25) is 5.91 Å². The van der Waals surface area contributed by atoms with Crippen molar-refractivity contribution in [2.45, 2.75) is 19.8 Å². The Morgan fingerprint density at radius 3 is 2.78 bits per heavy atom. The molecule has 0 aliphatic carbocycles. The predicted octanol–water partition coefficient (Wildman–Crippen LogP) is 2.41. The molecule has 0 fully saturated rings. The van der Waals surface area contributed by atoms with Crippen LogP contribution in [0.4, 0.5) is 5.69 Å². The van der Waals surface area contributed by atoms with Crippen LogP contribution in [-0.2, 0) is 14.3 Å². The Morgan fingerprint density at radius 1 is 1.33 bits per heavy atom. The summed E-state index contributed by atoms with van der Waals surface area (Å²) in [6.07, 6.45) is 0. The Morgan fingerprint density at radius 2 is 2.11 bits per heavy atom. The van der Waals surface area contributed by atoms with E-state index < -0.39 is 0 Å². The predicted molar refractivity (Wildman–Crippen MR) is 71.9 cm³/mol. The third kappa shape index (κ3) is 5.29. The van der Waals surface area contributed by atoms with Crippen LogP contribution in [0.15, 0.2) is 24.3 Å². The third-order valence-corrected chi connectivity index (χ3v) is 2.50. The van der Waals surface area contributed by atoms with Crippen molar-refractivity contribution >= 4 is 11.6 Å². The lowest BCUT2D eigenvalue weighted by Gasteiger charge is -2.09. The third-order valence-electron chi connectivity index (χ3n) is 2.50. The van der Waals surface area contributed by atoms with Crippen LogP contribution < -0.4 is 5.32 Å². The normalized spacial score (nSPS) is 10.7. The van der Waals surface area contributed by atoms with Crippen molar-refractivity contribution in [3.05, 3.63) is 29.8 Å². The van der Waals surface area contributed by atoms with Crippen LogP contribution in [0.1, 0.15) is 25.3 Å². The smallest absolute Gasteiger partial charge is 0.250 e. The van der Waals surface area contributed by atoms with Crippen molar-refractivity contribution in [3.8, 4) is 0 Å². The molecule has 0 aliphatic rings. The number of rotatable bonds is 7. The van der Waals surface area contributed by atoms with Gasteiger partial charge in [-0.2, -0.15) is 0 Å². The van der Waals surface area contributed by atoms with Gasteiger partial charge in [-0.25, -0.2) is 0 Å². The highest BCUT2D eigenvalue weighted by atomic mass is 16.5. The first-order valence-electron chi connectivity index (χ1n) is 6.10. The maximum atomic E-state index is 11.6. The zero-order valence-electron chi connectivity index (χ0n) is 11.2. The highest BCUT2D eigenvalue weighted by Gasteiger charge is 2.04. The van der Waals surface area contributed by atoms with E-state index in [1.807, 2.05) is 18.2 Å². The standard InChI is InChI=1S/C14H21NO3/c1-11(2)12-5-4-6-13(9-12)15-14(16)10-18-8-7-17-3/h4-6,9,11H,7-8,10H2,1-3H3,(H,15,16). The highest BCUT2D eigenvalue weighted by molar-refractivity contribution is 5.91. The molecule has 0 saturated carbocycles. The Balaban J connectivity index is 2.41. The molecule has 0 spiro atoms. The maximum Gasteiger partial charge on any atom is 0.250 e. The molecule has 0 radical (unpaired) electrons. The van der Waals surface area contributed by atoms with E-state index >= 15 is 0 Å². The summed E-state index contributed by atoms with van der Waals surface area (Å²) in [5.74, 6) is 0.298. The summed E-state index contributed by atoms with van der Waals surface area (Å²) in [6, 6.07) is 7.85. The van der Waals surface area contributed by atoms with E-state index in [9.17, 15) is 4.79 Å². The molecule has 4 nitrogen and oxygen atoms in total. The number of benzene rings is 1. The summed E-state index contributed by atoms with van der Waals surface area (Å²) in [5.41, 5.74) is 2.01. The molecule has 18 heavy (non-hydrogen) atoms. The van der Waals surface area contributed by atoms with Gasteiger partial charge in [0.05, 0.1) is 13.2 Å². The number of nitrogens with one attached hydrogen (secondary N) is 1. The monoisotopic (exact) mass is 251 g/mol. The Kier molecular flexibility index (Phi) is 6.39. The van der Waals surface area contributed by atoms with Gasteiger partial charge in [-0.3, -0.25) is 4.79 Å². The van der Waals surface area contributed by atoms with Crippen molar-refractivity contribution in [3.63, 3.8) is 0 Å². The van der Waals surface area contributed by atoms with Gasteiger partial charge in [-0.05, 0) is 23.6 Å². The van der Waals surface area contributed by atoms with Gasteiger partial charge in [0, 0.05) is 12.8 Å². The second-order valence-electron chi connectivity index (χ2n) is 4.37. The van der Waals surface area contributed by atoms with Crippen LogP contribution in [0, 0.1) is 0 Å². The Bertz CT molecular complexity index is 377. The largest absolute Gasteiger partial charge is 0.382 e. The second-order valence-corrected chi connectivity index (χ2v) is 4.37. The van der Waals surface area contributed by atoms with E-state index in [0.29, 0.717) is 19.1 Å². The van der Waals surface area contributed by atoms with Crippen LogP contribution in [0.5, 0.6) is 0 Å². The lowest BCUT2D eigenvalue weighted by Crippen LogP contribution is -2.19. The highest BCUT2D eigenvalue weighted by Crippen LogP contribution is 2.18. The zero-order chi connectivity index (χ0) is 13.4. The van der Waals surface area contributed by atoms with E-state index in [4.69, 9.17) is 9.47 Å². The molecule has 0 heterocycles. The summed E-state index contributed by atoms with van der Waals surface area (Å²) in [4.78, 5) is 11.6. The number of hydrogen-bond donors (Lipinski definition) is 1. The molecule has 0 unspecified atom stereocenters. The number of ether oxygens (including phenoxy) is 2. The average Bonchev–Trinajstić information content (AvgIpc) is 2.35. The summed E-state index contributed by atoms with van der Waals surface area (Å²) in [6.45, 7) is 5.21. The van der Waals surface area contributed by atoms with E-state index in [0.717, 1.165) is 5.69 Å². The first-order chi connectivity index (χ1) is 8.63. The van der Waals surface area contributed by atoms with Crippen LogP contribution in [0.3, 0.4) is 0 Å². The fourth-order valence-corrected chi connectivity index (χ4v) is 1.48. The minimum atomic E-state index is -0.146. The maximum absolute atomic E-state index is 11.6. The lowest BCUT2D eigenvalue weighted by atomic mass is 10.0. The van der Waals surface area contributed by atoms with Gasteiger partial charge in [-0.15, -0.1) is 0 Å². The van der Waals surface area contributed by atoms with Crippen molar-refractivity contribution in [1.82, 2.24) is 0 Å². The summed E-state index contributed by atoms with van der Waals surface area (Å²) in [5, 5.41) is 2.81. The van der Waals surface area contributed by atoms with Gasteiger partial charge in [0.15, 0.2) is 0 Å². The fourth-order valence-electron chi connectivity index (χ4n) is 1.48. The molecule has 1 N–H and O–H groups in total. The zero-order valence-corrected chi connectivity index (χ0v) is 11.2. The number of methoxy groups -OCH3 is 1. The summed E-state index contributed by atoms with van der Waals surface area (Å²) in [7, 11) is 1.60. The van der Waals surface area contributed by atoms with Crippen molar-refractivity contribution in [1.29, 1.82) is 0 Å². The van der Waals surface area contributed by atoms with Crippen molar-refractivity contribution in [2.24, 2.45) is 0 Å². The average molecular weight is 251 g/mol. The van der Waals surface area contributed by atoms with Gasteiger partial charge >= 0.3 is 0 Å². The molecule has 1 aromatic carbocycles. The molecule has 0 atom stereocenters. The molecule has 0 bridgehead atoms. The quantitative estimate of drug-likeness (QED) is 0.757. The van der Waals surface area contributed by atoms with E-state index in [2.05, 4.69) is 25.2 Å². The number of amides is 1. The van der Waals surface area contributed by atoms with E-state index in [-0.39, 0.29) is 12.5 Å². The number of carbonyl (C=O) groups excluding carboxylic acids is 1. The molecule has 0 saturated heterocycles. The minimum absolute atomic E-state index is 0.0509. The van der Waals surface area contributed by atoms with Gasteiger partial charge < -0.3 is 14.8 Å². The number of anilines is 1. The Hall–Kier alpha value is -1.39. The molecule has 1 rings (SSSR count). The first kappa shape index (κ1) is 14.7. The van der Waals surface area contributed by atoms with E-state index in [1.165, 1.54) is 5.56 Å². The molecule has 100 valence electrons. The van der Waals surface area contributed by atoms with Crippen molar-refractivity contribution < 1.29 is 14.3 Å². The summed E-state index contributed by atoms with van der Waals surface area (Å²) >= 11 is 0. The topological polar surface area (TPSA) is 47.6 Å². The number of hydrogen-bond acceptors (Lipinski definition) is 3. The molecule has 0 aliphatic heterocycles. The lowest BCUT2D eigenvalue weighted by molar-refractivity contribution is -0.121. The molecular formula is C14H21NO3. The first-order valence-corrected chi connectivity index (χ1v) is 6.10. The fraction of sp³-hybridized carbons (Fsp3) is 0.500. The molecular weight excluding hydrogens is 230 g/mol. The molecule has 1 amide bonds. The van der Waals surface area contributed by atoms with Crippen LogP contribution in [0.2, 0.25) is 0 Å². The van der Waals surface area contributed by atoms with Gasteiger partial charge in [-0.1, -0.05) is 26.0 Å². The Labute approximate surface area is 108 Å². The van der Waals surface area contributed by atoms with Crippen LogP contribution >= 0.6 is 0 Å². The SMILES string of the molecule is COCCOCC(=O)Nc1cccc(C(C)C)c1.